The predicted octanol–water partition coefficient (Wildman–Crippen LogP) is 2.35. The van der Waals surface area contributed by atoms with Gasteiger partial charge < -0.3 is 11.1 Å². The van der Waals surface area contributed by atoms with E-state index in [9.17, 15) is 18.0 Å². The Labute approximate surface area is 142 Å². The third-order valence-corrected chi connectivity index (χ3v) is 3.53. The Morgan fingerprint density at radius 2 is 1.73 bits per heavy atom. The van der Waals surface area contributed by atoms with Crippen LogP contribution in [0.3, 0.4) is 0 Å². The fourth-order valence-corrected chi connectivity index (χ4v) is 2.30. The molecule has 4 nitrogen and oxygen atoms in total. The van der Waals surface area contributed by atoms with Crippen LogP contribution in [0.5, 0.6) is 0 Å². The summed E-state index contributed by atoms with van der Waals surface area (Å²) in [6.07, 6.45) is -1.83. The van der Waals surface area contributed by atoms with Gasteiger partial charge in [0.05, 0.1) is 12.1 Å². The topological polar surface area (TPSA) is 58.4 Å². The first kappa shape index (κ1) is 24.0. The molecule has 22 heavy (non-hydrogen) atoms. The molecule has 0 atom stereocenters. The standard InChI is InChI=1S/C13H24F3N3O.2ClH/c1-12(2,17)11(20)18-6-3-10-4-7-19(8-5-10)9-13(14,15)16;;/h10H,3-9,17H2,1-2H3,(H,18,20);2*1H. The summed E-state index contributed by atoms with van der Waals surface area (Å²) in [5, 5.41) is 2.76. The molecule has 1 aliphatic rings. The molecule has 1 saturated heterocycles. The lowest BCUT2D eigenvalue weighted by atomic mass is 9.93. The van der Waals surface area contributed by atoms with Gasteiger partial charge in [0.15, 0.2) is 0 Å². The van der Waals surface area contributed by atoms with E-state index in [1.807, 2.05) is 0 Å². The lowest BCUT2D eigenvalue weighted by Crippen LogP contribution is -2.49. The molecule has 134 valence electrons. The van der Waals surface area contributed by atoms with Crippen LogP contribution >= 0.6 is 24.8 Å². The largest absolute Gasteiger partial charge is 0.401 e. The summed E-state index contributed by atoms with van der Waals surface area (Å²) in [5.41, 5.74) is 4.76. The summed E-state index contributed by atoms with van der Waals surface area (Å²) in [6.45, 7) is 3.93. The zero-order chi connectivity index (χ0) is 15.4. The number of amides is 1. The van der Waals surface area contributed by atoms with Gasteiger partial charge in [0.25, 0.3) is 0 Å². The average Bonchev–Trinajstić information content (AvgIpc) is 2.28. The van der Waals surface area contributed by atoms with E-state index in [-0.39, 0.29) is 30.7 Å². The van der Waals surface area contributed by atoms with Crippen molar-refractivity contribution in [3.63, 3.8) is 0 Å². The van der Waals surface area contributed by atoms with Crippen LogP contribution in [0.1, 0.15) is 33.1 Å². The second-order valence-electron chi connectivity index (χ2n) is 6.10. The first-order valence-corrected chi connectivity index (χ1v) is 6.94. The maximum absolute atomic E-state index is 12.2. The van der Waals surface area contributed by atoms with Crippen LogP contribution in [-0.4, -0.2) is 48.7 Å². The minimum Gasteiger partial charge on any atom is -0.355 e. The van der Waals surface area contributed by atoms with E-state index in [1.165, 1.54) is 4.90 Å². The number of nitrogens with zero attached hydrogens (tertiary/aromatic N) is 1. The van der Waals surface area contributed by atoms with Crippen molar-refractivity contribution in [1.29, 1.82) is 0 Å². The number of rotatable bonds is 5. The molecule has 3 N–H and O–H groups in total. The lowest BCUT2D eigenvalue weighted by molar-refractivity contribution is -0.148. The smallest absolute Gasteiger partial charge is 0.355 e. The van der Waals surface area contributed by atoms with Gasteiger partial charge >= 0.3 is 6.18 Å². The van der Waals surface area contributed by atoms with Crippen molar-refractivity contribution in [3.05, 3.63) is 0 Å². The quantitative estimate of drug-likeness (QED) is 0.783. The number of nitrogens with one attached hydrogen (secondary N) is 1. The van der Waals surface area contributed by atoms with E-state index >= 15 is 0 Å². The van der Waals surface area contributed by atoms with Crippen LogP contribution in [0.4, 0.5) is 13.2 Å². The Morgan fingerprint density at radius 1 is 1.23 bits per heavy atom. The van der Waals surface area contributed by atoms with Crippen molar-refractivity contribution in [2.24, 2.45) is 11.7 Å². The molecule has 9 heteroatoms. The molecule has 0 saturated carbocycles. The second-order valence-corrected chi connectivity index (χ2v) is 6.10. The molecule has 0 unspecified atom stereocenters. The van der Waals surface area contributed by atoms with Gasteiger partial charge in [-0.25, -0.2) is 0 Å². The fraction of sp³-hybridized carbons (Fsp3) is 0.923. The van der Waals surface area contributed by atoms with Crippen molar-refractivity contribution in [3.8, 4) is 0 Å². The number of piperidine rings is 1. The SMILES string of the molecule is CC(C)(N)C(=O)NCCC1CCN(CC(F)(F)F)CC1.Cl.Cl. The maximum Gasteiger partial charge on any atom is 0.401 e. The van der Waals surface area contributed by atoms with Crippen LogP contribution in [0.2, 0.25) is 0 Å². The zero-order valence-corrected chi connectivity index (χ0v) is 14.5. The highest BCUT2D eigenvalue weighted by atomic mass is 35.5. The molecule has 1 heterocycles. The third-order valence-electron chi connectivity index (χ3n) is 3.53. The summed E-state index contributed by atoms with van der Waals surface area (Å²) in [5.74, 6) is 0.174. The van der Waals surface area contributed by atoms with Gasteiger partial charge in [0.1, 0.15) is 0 Å². The predicted molar refractivity (Wildman–Crippen MR) is 85.6 cm³/mol. The fourth-order valence-electron chi connectivity index (χ4n) is 2.30. The molecule has 0 aromatic rings. The Hall–Kier alpha value is -0.240. The van der Waals surface area contributed by atoms with Gasteiger partial charge in [-0.3, -0.25) is 9.69 Å². The van der Waals surface area contributed by atoms with Crippen molar-refractivity contribution in [1.82, 2.24) is 10.2 Å². The monoisotopic (exact) mass is 367 g/mol. The van der Waals surface area contributed by atoms with Crippen LogP contribution in [-0.2, 0) is 4.79 Å². The second kappa shape index (κ2) is 9.80. The number of likely N-dealkylation sites (tertiary alicyclic amines) is 1. The van der Waals surface area contributed by atoms with E-state index in [0.29, 0.717) is 25.6 Å². The molecule has 0 aromatic carbocycles. The highest BCUT2D eigenvalue weighted by molar-refractivity contribution is 5.85. The van der Waals surface area contributed by atoms with Crippen molar-refractivity contribution in [2.45, 2.75) is 44.8 Å². The summed E-state index contributed by atoms with van der Waals surface area (Å²) < 4.78 is 36.7. The molecule has 1 amide bonds. The van der Waals surface area contributed by atoms with Gasteiger partial charge in [-0.2, -0.15) is 13.2 Å². The number of halogens is 5. The summed E-state index contributed by atoms with van der Waals surface area (Å²) in [6, 6.07) is 0. The highest BCUT2D eigenvalue weighted by Gasteiger charge is 2.32. The van der Waals surface area contributed by atoms with E-state index in [1.54, 1.807) is 13.8 Å². The summed E-state index contributed by atoms with van der Waals surface area (Å²) in [7, 11) is 0. The Bertz CT molecular complexity index is 327. The van der Waals surface area contributed by atoms with Crippen molar-refractivity contribution < 1.29 is 18.0 Å². The zero-order valence-electron chi connectivity index (χ0n) is 12.9. The number of carbonyl (C=O) groups excluding carboxylic acids is 1. The Kier molecular flexibility index (Phi) is 10.7. The molecular formula is C13H26Cl2F3N3O. The summed E-state index contributed by atoms with van der Waals surface area (Å²) in [4.78, 5) is 13.0. The molecule has 0 aromatic heterocycles. The first-order chi connectivity index (χ1) is 9.08. The van der Waals surface area contributed by atoms with Crippen LogP contribution in [0.15, 0.2) is 0 Å². The van der Waals surface area contributed by atoms with E-state index in [4.69, 9.17) is 5.73 Å². The van der Waals surface area contributed by atoms with E-state index < -0.39 is 18.3 Å². The Balaban J connectivity index is 0. The summed E-state index contributed by atoms with van der Waals surface area (Å²) >= 11 is 0. The molecule has 1 rings (SSSR count). The molecule has 0 bridgehead atoms. The minimum atomic E-state index is -4.12. The lowest BCUT2D eigenvalue weighted by Gasteiger charge is -2.32. The van der Waals surface area contributed by atoms with Gasteiger partial charge in [-0.15, -0.1) is 24.8 Å². The molecule has 0 radical (unpaired) electrons. The highest BCUT2D eigenvalue weighted by Crippen LogP contribution is 2.23. The van der Waals surface area contributed by atoms with Gasteiger partial charge in [-0.1, -0.05) is 0 Å². The number of nitrogens with two attached hydrogens (primary N) is 1. The maximum atomic E-state index is 12.2. The molecule has 0 aliphatic carbocycles. The van der Waals surface area contributed by atoms with Gasteiger partial charge in [0.2, 0.25) is 5.91 Å². The number of carbonyl (C=O) groups is 1. The van der Waals surface area contributed by atoms with Crippen molar-refractivity contribution in [2.75, 3.05) is 26.2 Å². The molecule has 1 aliphatic heterocycles. The normalized spacial score (nSPS) is 17.4. The number of alkyl halides is 3. The average molecular weight is 368 g/mol. The van der Waals surface area contributed by atoms with Crippen LogP contribution in [0, 0.1) is 5.92 Å². The third kappa shape index (κ3) is 9.71. The van der Waals surface area contributed by atoms with Crippen LogP contribution < -0.4 is 11.1 Å². The van der Waals surface area contributed by atoms with Gasteiger partial charge in [0, 0.05) is 6.54 Å². The van der Waals surface area contributed by atoms with Crippen molar-refractivity contribution >= 4 is 30.7 Å². The van der Waals surface area contributed by atoms with E-state index in [0.717, 1.165) is 19.3 Å². The minimum absolute atomic E-state index is 0. The van der Waals surface area contributed by atoms with Gasteiger partial charge in [-0.05, 0) is 52.1 Å². The molecule has 1 fully saturated rings. The molecule has 0 spiro atoms. The van der Waals surface area contributed by atoms with E-state index in [2.05, 4.69) is 5.32 Å². The number of hydrogen-bond donors (Lipinski definition) is 2. The van der Waals surface area contributed by atoms with Crippen LogP contribution in [0.25, 0.3) is 0 Å². The first-order valence-electron chi connectivity index (χ1n) is 6.94. The molecular weight excluding hydrogens is 342 g/mol. The Morgan fingerprint density at radius 3 is 2.14 bits per heavy atom. The number of hydrogen-bond acceptors (Lipinski definition) is 3.